The van der Waals surface area contributed by atoms with Gasteiger partial charge >= 0.3 is 0 Å². The van der Waals surface area contributed by atoms with Crippen LogP contribution >= 0.6 is 0 Å². The number of unbranched alkanes of at least 4 members (excludes halogenated alkanes) is 9. The van der Waals surface area contributed by atoms with Crippen molar-refractivity contribution in [1.29, 1.82) is 0 Å². The zero-order chi connectivity index (χ0) is 18.1. The molecule has 0 heterocycles. The SMILES string of the molecule is C(#Cc1ccccc1)CCCCCCCCCCC#Cc1ccccc1. The smallest absolute Gasteiger partial charge is 0.0245 e. The van der Waals surface area contributed by atoms with E-state index in [-0.39, 0.29) is 0 Å². The minimum Gasteiger partial charge on any atom is -0.0979 e. The molecule has 0 aromatic heterocycles. The molecule has 0 aliphatic heterocycles. The molecule has 0 heteroatoms. The summed E-state index contributed by atoms with van der Waals surface area (Å²) in [6, 6.07) is 20.5. The zero-order valence-electron chi connectivity index (χ0n) is 15.8. The molecule has 0 saturated carbocycles. The Morgan fingerprint density at radius 1 is 0.423 bits per heavy atom. The summed E-state index contributed by atoms with van der Waals surface area (Å²) in [5, 5.41) is 0. The van der Waals surface area contributed by atoms with Crippen LogP contribution in [0.3, 0.4) is 0 Å². The molecule has 0 nitrogen and oxygen atoms in total. The van der Waals surface area contributed by atoms with Gasteiger partial charge < -0.3 is 0 Å². The molecule has 0 atom stereocenters. The Bertz CT molecular complexity index is 639. The Balaban J connectivity index is 1.37. The van der Waals surface area contributed by atoms with Gasteiger partial charge in [0.1, 0.15) is 0 Å². The normalized spacial score (nSPS) is 9.69. The zero-order valence-corrected chi connectivity index (χ0v) is 15.8. The molecule has 0 aliphatic rings. The van der Waals surface area contributed by atoms with Crippen LogP contribution in [-0.2, 0) is 0 Å². The van der Waals surface area contributed by atoms with Gasteiger partial charge in [-0.25, -0.2) is 0 Å². The van der Waals surface area contributed by atoms with Crippen molar-refractivity contribution in [3.05, 3.63) is 71.8 Å². The van der Waals surface area contributed by atoms with Crippen molar-refractivity contribution >= 4 is 0 Å². The molecule has 26 heavy (non-hydrogen) atoms. The molecule has 0 spiro atoms. The summed E-state index contributed by atoms with van der Waals surface area (Å²) < 4.78 is 0. The first-order valence-electron chi connectivity index (χ1n) is 10.0. The van der Waals surface area contributed by atoms with Crippen LogP contribution in [0.1, 0.15) is 75.3 Å². The van der Waals surface area contributed by atoms with Gasteiger partial charge in [-0.1, -0.05) is 98.6 Å². The highest BCUT2D eigenvalue weighted by atomic mass is 14.0. The number of hydrogen-bond acceptors (Lipinski definition) is 0. The van der Waals surface area contributed by atoms with Crippen molar-refractivity contribution in [2.45, 2.75) is 64.2 Å². The first kappa shape index (κ1) is 19.9. The van der Waals surface area contributed by atoms with Crippen molar-refractivity contribution in [2.75, 3.05) is 0 Å². The maximum atomic E-state index is 3.28. The average molecular weight is 343 g/mol. The Hall–Kier alpha value is -2.44. The molecule has 2 aromatic rings. The largest absolute Gasteiger partial charge is 0.0979 e. The maximum Gasteiger partial charge on any atom is 0.0245 e. The van der Waals surface area contributed by atoms with Crippen LogP contribution in [0, 0.1) is 23.7 Å². The van der Waals surface area contributed by atoms with Crippen LogP contribution in [0.15, 0.2) is 60.7 Å². The van der Waals surface area contributed by atoms with E-state index in [2.05, 4.69) is 47.9 Å². The third kappa shape index (κ3) is 9.76. The molecule has 0 saturated heterocycles. The Labute approximate surface area is 160 Å². The number of rotatable bonds is 9. The summed E-state index contributed by atoms with van der Waals surface area (Å²) in [5.74, 6) is 13.0. The second-order valence-corrected chi connectivity index (χ2v) is 6.66. The predicted octanol–water partition coefficient (Wildman–Crippen LogP) is 6.99. The summed E-state index contributed by atoms with van der Waals surface area (Å²) in [7, 11) is 0. The molecule has 0 unspecified atom stereocenters. The van der Waals surface area contributed by atoms with Gasteiger partial charge in [0.2, 0.25) is 0 Å². The van der Waals surface area contributed by atoms with E-state index in [9.17, 15) is 0 Å². The highest BCUT2D eigenvalue weighted by Crippen LogP contribution is 2.10. The highest BCUT2D eigenvalue weighted by Gasteiger charge is 1.92. The Kier molecular flexibility index (Phi) is 10.6. The summed E-state index contributed by atoms with van der Waals surface area (Å²) in [6.07, 6.45) is 12.6. The molecule has 0 amide bonds. The molecule has 0 radical (unpaired) electrons. The molecule has 0 N–H and O–H groups in total. The number of benzene rings is 2. The van der Waals surface area contributed by atoms with E-state index in [4.69, 9.17) is 0 Å². The van der Waals surface area contributed by atoms with Crippen molar-refractivity contribution < 1.29 is 0 Å². The number of hydrogen-bond donors (Lipinski definition) is 0. The van der Waals surface area contributed by atoms with Crippen LogP contribution in [0.25, 0.3) is 0 Å². The van der Waals surface area contributed by atoms with Gasteiger partial charge in [0.25, 0.3) is 0 Å². The fourth-order valence-electron chi connectivity index (χ4n) is 2.86. The lowest BCUT2D eigenvalue weighted by Gasteiger charge is -2.00. The molecule has 0 aliphatic carbocycles. The quantitative estimate of drug-likeness (QED) is 0.340. The highest BCUT2D eigenvalue weighted by molar-refractivity contribution is 5.34. The van der Waals surface area contributed by atoms with Gasteiger partial charge in [0.05, 0.1) is 0 Å². The first-order valence-corrected chi connectivity index (χ1v) is 10.0. The summed E-state index contributed by atoms with van der Waals surface area (Å²) >= 11 is 0. The van der Waals surface area contributed by atoms with Crippen LogP contribution in [0.2, 0.25) is 0 Å². The molecular weight excluding hydrogens is 312 g/mol. The van der Waals surface area contributed by atoms with Gasteiger partial charge in [-0.05, 0) is 37.1 Å². The van der Waals surface area contributed by atoms with E-state index in [1.54, 1.807) is 0 Å². The summed E-state index contributed by atoms with van der Waals surface area (Å²) in [5.41, 5.74) is 2.25. The molecule has 2 aromatic carbocycles. The summed E-state index contributed by atoms with van der Waals surface area (Å²) in [4.78, 5) is 0. The van der Waals surface area contributed by atoms with E-state index < -0.39 is 0 Å². The van der Waals surface area contributed by atoms with Gasteiger partial charge in [-0.15, -0.1) is 0 Å². The van der Waals surface area contributed by atoms with Crippen molar-refractivity contribution in [3.63, 3.8) is 0 Å². The molecule has 0 fully saturated rings. The third-order valence-corrected chi connectivity index (χ3v) is 4.37. The molecular formula is C26H30. The van der Waals surface area contributed by atoms with Gasteiger partial charge in [0, 0.05) is 24.0 Å². The van der Waals surface area contributed by atoms with Crippen LogP contribution in [0.4, 0.5) is 0 Å². The minimum atomic E-state index is 1.02. The van der Waals surface area contributed by atoms with Crippen LogP contribution < -0.4 is 0 Å². The van der Waals surface area contributed by atoms with E-state index >= 15 is 0 Å². The van der Waals surface area contributed by atoms with E-state index in [0.717, 1.165) is 24.0 Å². The van der Waals surface area contributed by atoms with Gasteiger partial charge in [0.15, 0.2) is 0 Å². The fourth-order valence-corrected chi connectivity index (χ4v) is 2.86. The van der Waals surface area contributed by atoms with E-state index in [1.807, 2.05) is 36.4 Å². The molecule has 2 rings (SSSR count). The molecule has 0 bridgehead atoms. The first-order chi connectivity index (χ1) is 12.9. The van der Waals surface area contributed by atoms with Gasteiger partial charge in [-0.3, -0.25) is 0 Å². The Morgan fingerprint density at radius 2 is 0.769 bits per heavy atom. The average Bonchev–Trinajstić information content (AvgIpc) is 2.70. The lowest BCUT2D eigenvalue weighted by atomic mass is 10.1. The van der Waals surface area contributed by atoms with Crippen molar-refractivity contribution in [2.24, 2.45) is 0 Å². The fraction of sp³-hybridized carbons (Fsp3) is 0.385. The predicted molar refractivity (Wildman–Crippen MR) is 113 cm³/mol. The maximum absolute atomic E-state index is 3.28. The minimum absolute atomic E-state index is 1.02. The lowest BCUT2D eigenvalue weighted by molar-refractivity contribution is 0.573. The van der Waals surface area contributed by atoms with Gasteiger partial charge in [-0.2, -0.15) is 0 Å². The van der Waals surface area contributed by atoms with E-state index in [1.165, 1.54) is 51.4 Å². The summed E-state index contributed by atoms with van der Waals surface area (Å²) in [6.45, 7) is 0. The van der Waals surface area contributed by atoms with Crippen molar-refractivity contribution in [1.82, 2.24) is 0 Å². The standard InChI is InChI=1S/C26H30/c1(3-5-7-9-13-19-25-21-15-11-16-22-25)2-4-6-8-10-14-20-26-23-17-12-18-24-26/h11-12,15-18,21-24H,1-10H2. The van der Waals surface area contributed by atoms with Crippen molar-refractivity contribution in [3.8, 4) is 23.7 Å². The third-order valence-electron chi connectivity index (χ3n) is 4.37. The monoisotopic (exact) mass is 342 g/mol. The lowest BCUT2D eigenvalue weighted by Crippen LogP contribution is -1.81. The molecule has 134 valence electrons. The van der Waals surface area contributed by atoms with Crippen LogP contribution in [-0.4, -0.2) is 0 Å². The Morgan fingerprint density at radius 3 is 1.15 bits per heavy atom. The second-order valence-electron chi connectivity index (χ2n) is 6.66. The van der Waals surface area contributed by atoms with Crippen LogP contribution in [0.5, 0.6) is 0 Å². The topological polar surface area (TPSA) is 0 Å². The second kappa shape index (κ2) is 13.8. The van der Waals surface area contributed by atoms with E-state index in [0.29, 0.717) is 0 Å².